The number of aryl methyl sites for hydroxylation is 1. The number of hydrogen-bond donors (Lipinski definition) is 0. The van der Waals surface area contributed by atoms with Crippen molar-refractivity contribution < 1.29 is 22.3 Å². The first-order valence-electron chi connectivity index (χ1n) is 9.37. The van der Waals surface area contributed by atoms with Crippen LogP contribution in [0.5, 0.6) is 5.75 Å². The van der Waals surface area contributed by atoms with E-state index < -0.39 is 15.7 Å². The summed E-state index contributed by atoms with van der Waals surface area (Å²) >= 11 is 0. The Morgan fingerprint density at radius 1 is 1.10 bits per heavy atom. The van der Waals surface area contributed by atoms with Gasteiger partial charge in [0.1, 0.15) is 11.6 Å². The third kappa shape index (κ3) is 4.31. The Balaban J connectivity index is 1.47. The Hall–Kier alpha value is -3.59. The summed E-state index contributed by atoms with van der Waals surface area (Å²) in [5, 5.41) is 0. The molecule has 7 nitrogen and oxygen atoms in total. The lowest BCUT2D eigenvalue weighted by molar-refractivity contribution is 0.0982. The van der Waals surface area contributed by atoms with Gasteiger partial charge >= 0.3 is 0 Å². The standard InChI is InChI=1S/C22H18FN3O4S/c1-30-18-10-17(23)11-20(12-18)31(28,29)19-5-2-15(3-6-19)4-7-21(27)16-13-25-22-24-8-9-26(22)14-16/h2-3,5-6,8-14H,4,7H2,1H3. The van der Waals surface area contributed by atoms with Crippen LogP contribution in [0, 0.1) is 5.82 Å². The van der Waals surface area contributed by atoms with E-state index in [0.29, 0.717) is 17.8 Å². The topological polar surface area (TPSA) is 90.6 Å². The van der Waals surface area contributed by atoms with Gasteiger partial charge in [0.25, 0.3) is 0 Å². The van der Waals surface area contributed by atoms with Gasteiger partial charge in [-0.1, -0.05) is 12.1 Å². The molecule has 4 rings (SSSR count). The predicted molar refractivity (Wildman–Crippen MR) is 110 cm³/mol. The first-order chi connectivity index (χ1) is 14.9. The molecule has 0 N–H and O–H groups in total. The number of aromatic nitrogens is 3. The molecular formula is C22H18FN3O4S. The number of ether oxygens (including phenoxy) is 1. The molecule has 2 aromatic carbocycles. The van der Waals surface area contributed by atoms with Crippen LogP contribution < -0.4 is 4.74 Å². The number of hydrogen-bond acceptors (Lipinski definition) is 6. The van der Waals surface area contributed by atoms with E-state index in [1.165, 1.54) is 31.5 Å². The number of methoxy groups -OCH3 is 1. The molecule has 0 amide bonds. The van der Waals surface area contributed by atoms with Crippen LogP contribution in [0.3, 0.4) is 0 Å². The fourth-order valence-electron chi connectivity index (χ4n) is 3.14. The molecule has 2 heterocycles. The van der Waals surface area contributed by atoms with Crippen molar-refractivity contribution >= 4 is 21.4 Å². The molecular weight excluding hydrogens is 421 g/mol. The van der Waals surface area contributed by atoms with Gasteiger partial charge < -0.3 is 4.74 Å². The van der Waals surface area contributed by atoms with Crippen LogP contribution >= 0.6 is 0 Å². The van der Waals surface area contributed by atoms with Crippen LogP contribution in [0.2, 0.25) is 0 Å². The molecule has 0 bridgehead atoms. The van der Waals surface area contributed by atoms with E-state index in [-0.39, 0.29) is 27.7 Å². The zero-order chi connectivity index (χ0) is 22.0. The summed E-state index contributed by atoms with van der Waals surface area (Å²) in [6.07, 6.45) is 7.18. The molecule has 9 heteroatoms. The van der Waals surface area contributed by atoms with Gasteiger partial charge in [0.15, 0.2) is 5.78 Å². The van der Waals surface area contributed by atoms with Crippen LogP contribution in [-0.2, 0) is 16.3 Å². The highest BCUT2D eigenvalue weighted by Gasteiger charge is 2.20. The van der Waals surface area contributed by atoms with Gasteiger partial charge in [0.2, 0.25) is 15.6 Å². The quantitative estimate of drug-likeness (QED) is 0.409. The number of Topliss-reactive ketones (excluding diaryl/α,β-unsaturated/α-hetero) is 1. The lowest BCUT2D eigenvalue weighted by Gasteiger charge is -2.08. The van der Waals surface area contributed by atoms with Crippen molar-refractivity contribution in [3.05, 3.63) is 84.2 Å². The third-order valence-electron chi connectivity index (χ3n) is 4.83. The van der Waals surface area contributed by atoms with Crippen LogP contribution in [-0.4, -0.2) is 35.7 Å². The Morgan fingerprint density at radius 2 is 1.87 bits per heavy atom. The first kappa shape index (κ1) is 20.7. The number of fused-ring (bicyclic) bond motifs is 1. The van der Waals surface area contributed by atoms with Crippen LogP contribution in [0.1, 0.15) is 22.3 Å². The summed E-state index contributed by atoms with van der Waals surface area (Å²) < 4.78 is 46.0. The lowest BCUT2D eigenvalue weighted by Crippen LogP contribution is -2.05. The summed E-state index contributed by atoms with van der Waals surface area (Å²) in [4.78, 5) is 20.5. The van der Waals surface area contributed by atoms with E-state index >= 15 is 0 Å². The largest absolute Gasteiger partial charge is 0.497 e. The molecule has 0 saturated heterocycles. The number of carbonyl (C=O) groups is 1. The van der Waals surface area contributed by atoms with Crippen molar-refractivity contribution in [3.8, 4) is 5.75 Å². The van der Waals surface area contributed by atoms with Crippen molar-refractivity contribution in [1.29, 1.82) is 0 Å². The molecule has 0 radical (unpaired) electrons. The smallest absolute Gasteiger partial charge is 0.233 e. The van der Waals surface area contributed by atoms with Crippen LogP contribution in [0.25, 0.3) is 5.78 Å². The SMILES string of the molecule is COc1cc(F)cc(S(=O)(=O)c2ccc(CCC(=O)c3cnc4nccn4c3)cc2)c1. The van der Waals surface area contributed by atoms with Gasteiger partial charge in [-0.05, 0) is 36.2 Å². The minimum absolute atomic E-state index is 0.0324. The highest BCUT2D eigenvalue weighted by molar-refractivity contribution is 7.91. The predicted octanol–water partition coefficient (Wildman–Crippen LogP) is 3.53. The fourth-order valence-corrected chi connectivity index (χ4v) is 4.45. The van der Waals surface area contributed by atoms with Crippen molar-refractivity contribution in [3.63, 3.8) is 0 Å². The monoisotopic (exact) mass is 439 g/mol. The lowest BCUT2D eigenvalue weighted by atomic mass is 10.0. The number of rotatable bonds is 7. The highest BCUT2D eigenvalue weighted by atomic mass is 32.2. The summed E-state index contributed by atoms with van der Waals surface area (Å²) in [7, 11) is -2.57. The van der Waals surface area contributed by atoms with Gasteiger partial charge in [0.05, 0.1) is 22.5 Å². The van der Waals surface area contributed by atoms with E-state index in [1.54, 1.807) is 35.1 Å². The van der Waals surface area contributed by atoms with Crippen LogP contribution in [0.4, 0.5) is 4.39 Å². The van der Waals surface area contributed by atoms with Crippen LogP contribution in [0.15, 0.2) is 77.0 Å². The second-order valence-corrected chi connectivity index (χ2v) is 8.82. The molecule has 0 fully saturated rings. The summed E-state index contributed by atoms with van der Waals surface area (Å²) in [6.45, 7) is 0. The number of halogens is 1. The molecule has 31 heavy (non-hydrogen) atoms. The molecule has 4 aromatic rings. The Labute approximate surface area is 178 Å². The molecule has 0 atom stereocenters. The van der Waals surface area contributed by atoms with E-state index in [1.807, 2.05) is 0 Å². The van der Waals surface area contributed by atoms with Gasteiger partial charge in [-0.25, -0.2) is 22.8 Å². The summed E-state index contributed by atoms with van der Waals surface area (Å²) in [5.74, 6) is -0.135. The minimum atomic E-state index is -3.90. The normalized spacial score (nSPS) is 11.5. The molecule has 158 valence electrons. The summed E-state index contributed by atoms with van der Waals surface area (Å²) in [6, 6.07) is 9.53. The van der Waals surface area contributed by atoms with E-state index in [4.69, 9.17) is 4.74 Å². The molecule has 0 spiro atoms. The van der Waals surface area contributed by atoms with E-state index in [2.05, 4.69) is 9.97 Å². The number of imidazole rings is 1. The average molecular weight is 439 g/mol. The average Bonchev–Trinajstić information content (AvgIpc) is 3.25. The second-order valence-electron chi connectivity index (χ2n) is 6.87. The van der Waals surface area contributed by atoms with Gasteiger partial charge in [-0.3, -0.25) is 9.20 Å². The maximum Gasteiger partial charge on any atom is 0.233 e. The van der Waals surface area contributed by atoms with Crippen molar-refractivity contribution in [2.24, 2.45) is 0 Å². The highest BCUT2D eigenvalue weighted by Crippen LogP contribution is 2.26. The summed E-state index contributed by atoms with van der Waals surface area (Å²) in [5.41, 5.74) is 1.28. The first-order valence-corrected chi connectivity index (χ1v) is 10.9. The minimum Gasteiger partial charge on any atom is -0.497 e. The number of benzene rings is 2. The Bertz CT molecular complexity index is 1370. The Morgan fingerprint density at radius 3 is 2.61 bits per heavy atom. The molecule has 0 aliphatic carbocycles. The molecule has 2 aromatic heterocycles. The van der Waals surface area contributed by atoms with Crippen molar-refractivity contribution in [2.45, 2.75) is 22.6 Å². The molecule has 0 aliphatic rings. The maximum absolute atomic E-state index is 13.7. The zero-order valence-corrected chi connectivity index (χ0v) is 17.3. The number of nitrogens with zero attached hydrogens (tertiary/aromatic N) is 3. The van der Waals surface area contributed by atoms with E-state index in [0.717, 1.165) is 17.7 Å². The number of ketones is 1. The van der Waals surface area contributed by atoms with Gasteiger partial charge in [0, 0.05) is 37.3 Å². The van der Waals surface area contributed by atoms with E-state index in [9.17, 15) is 17.6 Å². The van der Waals surface area contributed by atoms with Crippen molar-refractivity contribution in [2.75, 3.05) is 7.11 Å². The third-order valence-corrected chi connectivity index (χ3v) is 6.58. The fraction of sp³-hybridized carbons (Fsp3) is 0.136. The molecule has 0 unspecified atom stereocenters. The Kier molecular flexibility index (Phi) is 5.51. The van der Waals surface area contributed by atoms with Gasteiger partial charge in [-0.15, -0.1) is 0 Å². The second kappa shape index (κ2) is 8.27. The number of carbonyl (C=O) groups excluding carboxylic acids is 1. The van der Waals surface area contributed by atoms with Crippen molar-refractivity contribution in [1.82, 2.24) is 14.4 Å². The zero-order valence-electron chi connectivity index (χ0n) is 16.5. The maximum atomic E-state index is 13.7. The number of sulfone groups is 1. The molecule has 0 saturated carbocycles. The van der Waals surface area contributed by atoms with Gasteiger partial charge in [-0.2, -0.15) is 0 Å². The molecule has 0 aliphatic heterocycles.